The number of hydrogen-bond acceptors (Lipinski definition) is 9. The van der Waals surface area contributed by atoms with Gasteiger partial charge in [0.2, 0.25) is 0 Å². The Hall–Kier alpha value is -3.45. The van der Waals surface area contributed by atoms with E-state index in [9.17, 15) is 17.9 Å². The summed E-state index contributed by atoms with van der Waals surface area (Å²) >= 11 is 0. The number of rotatable bonds is 7. The van der Waals surface area contributed by atoms with E-state index in [0.717, 1.165) is 11.6 Å². The van der Waals surface area contributed by atoms with Crippen molar-refractivity contribution in [2.24, 2.45) is 0 Å². The Bertz CT molecular complexity index is 1390. The quantitative estimate of drug-likeness (QED) is 0.257. The van der Waals surface area contributed by atoms with Gasteiger partial charge in [0.15, 0.2) is 11.5 Å². The van der Waals surface area contributed by atoms with Crippen LogP contribution in [0.25, 0.3) is 34.3 Å². The van der Waals surface area contributed by atoms with Crippen LogP contribution in [0.15, 0.2) is 51.9 Å². The molecule has 4 rings (SSSR count). The first kappa shape index (κ1) is 24.7. The molecule has 5 N–H and O–H groups in total. The summed E-state index contributed by atoms with van der Waals surface area (Å²) in [5.41, 5.74) is 7.44. The molecule has 0 saturated carbocycles. The van der Waals surface area contributed by atoms with Crippen LogP contribution in [-0.4, -0.2) is 41.6 Å². The highest BCUT2D eigenvalue weighted by molar-refractivity contribution is 8.24. The Balaban J connectivity index is 0.00000241. The molecule has 0 atom stereocenters. The van der Waals surface area contributed by atoms with Gasteiger partial charge < -0.3 is 15.5 Å². The topological polar surface area (TPSA) is 143 Å². The van der Waals surface area contributed by atoms with Crippen molar-refractivity contribution < 1.29 is 25.2 Å². The Kier molecular flexibility index (Phi) is 6.81. The molecule has 9 nitrogen and oxygen atoms in total. The van der Waals surface area contributed by atoms with Gasteiger partial charge in [-0.3, -0.25) is 9.11 Å². The Morgan fingerprint density at radius 3 is 2.49 bits per heavy atom. The lowest BCUT2D eigenvalue weighted by Crippen LogP contribution is -2.12. The van der Waals surface area contributed by atoms with Crippen molar-refractivity contribution in [2.75, 3.05) is 12.8 Å². The lowest BCUT2D eigenvalue weighted by atomic mass is 10.1. The second-order valence-electron chi connectivity index (χ2n) is 8.03. The van der Waals surface area contributed by atoms with Gasteiger partial charge in [0.05, 0.1) is 22.3 Å². The van der Waals surface area contributed by atoms with Crippen molar-refractivity contribution in [3.05, 3.63) is 59.8 Å². The van der Waals surface area contributed by atoms with Crippen molar-refractivity contribution in [1.29, 1.82) is 0 Å². The third-order valence-electron chi connectivity index (χ3n) is 5.28. The van der Waals surface area contributed by atoms with E-state index in [1.165, 1.54) is 30.5 Å². The molecule has 35 heavy (non-hydrogen) atoms. The first-order valence-corrected chi connectivity index (χ1v) is 12.2. The molecular weight excluding hydrogens is 478 g/mol. The normalized spacial score (nSPS) is 12.3. The summed E-state index contributed by atoms with van der Waals surface area (Å²) in [4.78, 5) is 8.28. The zero-order valence-electron chi connectivity index (χ0n) is 19.2. The summed E-state index contributed by atoms with van der Waals surface area (Å²) < 4.78 is 55.5. The monoisotopic (exact) mass is 506 g/mol. The summed E-state index contributed by atoms with van der Waals surface area (Å²) in [5, 5.41) is 10.2. The molecular formula is C23H28F2N6O3S. The zero-order chi connectivity index (χ0) is 25.3. The van der Waals surface area contributed by atoms with Crippen LogP contribution >= 0.6 is 10.6 Å². The molecule has 0 bridgehead atoms. The Labute approximate surface area is 204 Å². The van der Waals surface area contributed by atoms with E-state index >= 15 is 0 Å². The first-order valence-electron chi connectivity index (χ1n) is 10.6. The highest BCUT2D eigenvalue weighted by atomic mass is 32.3. The van der Waals surface area contributed by atoms with Crippen LogP contribution < -0.4 is 11.1 Å². The number of halogens is 2. The number of anilines is 1. The first-order chi connectivity index (χ1) is 16.6. The minimum absolute atomic E-state index is 0. The SMILES string of the molecule is CNCc1ccc(-c2nnc(-c3nc(-c4ccc(S(O)(O)C(C)C)c(F)c4)cnc3N)o2)c(F)c1.[HH].[HH]. The van der Waals surface area contributed by atoms with Crippen molar-refractivity contribution >= 4 is 16.4 Å². The fourth-order valence-electron chi connectivity index (χ4n) is 3.33. The Morgan fingerprint density at radius 2 is 1.83 bits per heavy atom. The van der Waals surface area contributed by atoms with Crippen LogP contribution in [0.4, 0.5) is 14.6 Å². The summed E-state index contributed by atoms with van der Waals surface area (Å²) in [6.07, 6.45) is 1.34. The number of nitrogen functional groups attached to an aromatic ring is 1. The molecule has 2 aromatic carbocycles. The maximum absolute atomic E-state index is 14.7. The molecule has 0 unspecified atom stereocenters. The van der Waals surface area contributed by atoms with Crippen LogP contribution in [-0.2, 0) is 6.54 Å². The predicted octanol–water partition coefficient (Wildman–Crippen LogP) is 5.45. The van der Waals surface area contributed by atoms with Gasteiger partial charge in [-0.15, -0.1) is 10.2 Å². The maximum Gasteiger partial charge on any atom is 0.270 e. The Morgan fingerprint density at radius 1 is 1.09 bits per heavy atom. The van der Waals surface area contributed by atoms with Crippen LogP contribution in [0.5, 0.6) is 0 Å². The summed E-state index contributed by atoms with van der Waals surface area (Å²) in [6, 6.07) is 8.59. The fourth-order valence-corrected chi connectivity index (χ4v) is 4.45. The van der Waals surface area contributed by atoms with E-state index in [1.807, 2.05) is 0 Å². The molecule has 4 aromatic rings. The second-order valence-corrected chi connectivity index (χ2v) is 10.6. The highest BCUT2D eigenvalue weighted by Crippen LogP contribution is 2.53. The van der Waals surface area contributed by atoms with E-state index in [4.69, 9.17) is 10.2 Å². The molecule has 2 aromatic heterocycles. The van der Waals surface area contributed by atoms with E-state index < -0.39 is 27.5 Å². The van der Waals surface area contributed by atoms with Gasteiger partial charge in [-0.2, -0.15) is 10.6 Å². The van der Waals surface area contributed by atoms with Gasteiger partial charge in [0.1, 0.15) is 11.6 Å². The van der Waals surface area contributed by atoms with Gasteiger partial charge in [-0.1, -0.05) is 12.1 Å². The molecule has 0 amide bonds. The zero-order valence-corrected chi connectivity index (χ0v) is 20.0. The van der Waals surface area contributed by atoms with Gasteiger partial charge in [0.25, 0.3) is 11.8 Å². The fraction of sp³-hybridized carbons (Fsp3) is 0.217. The average Bonchev–Trinajstić information content (AvgIpc) is 3.29. The van der Waals surface area contributed by atoms with Crippen LogP contribution in [0.2, 0.25) is 0 Å². The minimum Gasteiger partial charge on any atom is -0.414 e. The number of hydrogen-bond donors (Lipinski definition) is 4. The van der Waals surface area contributed by atoms with Crippen molar-refractivity contribution in [1.82, 2.24) is 25.5 Å². The maximum atomic E-state index is 14.7. The van der Waals surface area contributed by atoms with Gasteiger partial charge >= 0.3 is 0 Å². The number of nitrogens with zero attached hydrogens (tertiary/aromatic N) is 4. The molecule has 0 fully saturated rings. The van der Waals surface area contributed by atoms with Crippen LogP contribution in [0.3, 0.4) is 0 Å². The number of benzene rings is 2. The number of aromatic nitrogens is 4. The standard InChI is InChI=1S/C23H24F2N6O3S.2H2/c1-12(2)35(32,33)19-7-5-14(9-17(19)25)18-11-28-21(26)20(29-18)23-31-30-22(34-23)15-6-4-13(10-27-3)8-16(15)24;;/h4-9,11-12,27,32-33H,10H2,1-3H3,(H2,26,28);2*1H. The van der Waals surface area contributed by atoms with E-state index in [1.54, 1.807) is 27.0 Å². The van der Waals surface area contributed by atoms with Gasteiger partial charge in [0, 0.05) is 20.2 Å². The minimum atomic E-state index is -3.30. The number of nitrogens with two attached hydrogens (primary N) is 1. The van der Waals surface area contributed by atoms with Gasteiger partial charge in [-0.25, -0.2) is 18.7 Å². The molecule has 0 radical (unpaired) electrons. The van der Waals surface area contributed by atoms with E-state index in [0.29, 0.717) is 12.1 Å². The molecule has 0 aliphatic carbocycles. The molecule has 188 valence electrons. The lowest BCUT2D eigenvalue weighted by molar-refractivity contribution is 0.466. The van der Waals surface area contributed by atoms with E-state index in [-0.39, 0.29) is 42.3 Å². The summed E-state index contributed by atoms with van der Waals surface area (Å²) in [5.74, 6) is -1.47. The average molecular weight is 507 g/mol. The molecule has 0 aliphatic heterocycles. The highest BCUT2D eigenvalue weighted by Gasteiger charge is 2.25. The molecule has 0 spiro atoms. The van der Waals surface area contributed by atoms with Crippen molar-refractivity contribution in [3.8, 4) is 34.3 Å². The van der Waals surface area contributed by atoms with Crippen molar-refractivity contribution in [3.63, 3.8) is 0 Å². The van der Waals surface area contributed by atoms with Crippen LogP contribution in [0.1, 0.15) is 22.3 Å². The predicted molar refractivity (Wildman–Crippen MR) is 134 cm³/mol. The van der Waals surface area contributed by atoms with Crippen LogP contribution in [0, 0.1) is 11.6 Å². The smallest absolute Gasteiger partial charge is 0.270 e. The molecule has 0 saturated heterocycles. The van der Waals surface area contributed by atoms with Gasteiger partial charge in [-0.05, 0) is 50.7 Å². The van der Waals surface area contributed by atoms with Crippen molar-refractivity contribution in [2.45, 2.75) is 30.5 Å². The number of nitrogens with one attached hydrogen (secondary N) is 1. The molecule has 12 heteroatoms. The van der Waals surface area contributed by atoms with E-state index in [2.05, 4.69) is 25.5 Å². The lowest BCUT2D eigenvalue weighted by Gasteiger charge is -2.36. The second kappa shape index (κ2) is 9.66. The largest absolute Gasteiger partial charge is 0.414 e. The third kappa shape index (κ3) is 4.86. The molecule has 0 aliphatic rings. The third-order valence-corrected chi connectivity index (χ3v) is 7.57. The molecule has 2 heterocycles. The summed E-state index contributed by atoms with van der Waals surface area (Å²) in [7, 11) is -1.53. The summed E-state index contributed by atoms with van der Waals surface area (Å²) in [6.45, 7) is 3.70.